The summed E-state index contributed by atoms with van der Waals surface area (Å²) in [6, 6.07) is 9.32. The van der Waals surface area contributed by atoms with Crippen molar-refractivity contribution in [2.24, 2.45) is 0 Å². The van der Waals surface area contributed by atoms with Crippen LogP contribution in [0.1, 0.15) is 60.3 Å². The molecule has 1 fully saturated rings. The number of H-pyrrole nitrogens is 1. The molecule has 0 radical (unpaired) electrons. The maximum absolute atomic E-state index is 13.0. The highest BCUT2D eigenvalue weighted by Crippen LogP contribution is 2.16. The van der Waals surface area contributed by atoms with Crippen LogP contribution in [0.15, 0.2) is 36.7 Å². The average Bonchev–Trinajstić information content (AvgIpc) is 3.23. The highest BCUT2D eigenvalue weighted by Gasteiger charge is 2.31. The molecule has 1 aromatic heterocycles. The predicted molar refractivity (Wildman–Crippen MR) is 115 cm³/mol. The molecule has 2 heterocycles. The smallest absolute Gasteiger partial charge is 0.410 e. The van der Waals surface area contributed by atoms with Gasteiger partial charge in [-0.25, -0.2) is 9.78 Å². The first-order valence-corrected chi connectivity index (χ1v) is 10.3. The lowest BCUT2D eigenvalue weighted by Crippen LogP contribution is -2.51. The zero-order valence-electron chi connectivity index (χ0n) is 18.3. The fourth-order valence-electron chi connectivity index (χ4n) is 3.30. The molecule has 31 heavy (non-hydrogen) atoms. The van der Waals surface area contributed by atoms with E-state index >= 15 is 0 Å². The normalized spacial score (nSPS) is 15.4. The molecule has 0 unspecified atom stereocenters. The average molecular weight is 428 g/mol. The second-order valence-corrected chi connectivity index (χ2v) is 8.49. The van der Waals surface area contributed by atoms with Crippen LogP contribution in [0.3, 0.4) is 0 Å². The summed E-state index contributed by atoms with van der Waals surface area (Å²) in [6.07, 6.45) is 0.947. The zero-order valence-corrected chi connectivity index (χ0v) is 18.3. The minimum absolute atomic E-state index is 0.0577. The van der Waals surface area contributed by atoms with Crippen LogP contribution in [0.25, 0.3) is 0 Å². The number of benzene rings is 1. The Morgan fingerprint density at radius 3 is 2.29 bits per heavy atom. The van der Waals surface area contributed by atoms with Gasteiger partial charge in [-0.3, -0.25) is 9.59 Å². The number of nitrogens with one attached hydrogen (secondary N) is 2. The van der Waals surface area contributed by atoms with Crippen LogP contribution < -0.4 is 5.32 Å². The van der Waals surface area contributed by atoms with E-state index in [1.807, 2.05) is 58.0 Å². The number of piperazine rings is 1. The number of hydrogen-bond acceptors (Lipinski definition) is 5. The van der Waals surface area contributed by atoms with Crippen LogP contribution >= 0.6 is 0 Å². The number of carbonyl (C=O) groups excluding carboxylic acids is 3. The zero-order chi connectivity index (χ0) is 22.6. The van der Waals surface area contributed by atoms with Crippen LogP contribution in [-0.2, 0) is 4.74 Å². The van der Waals surface area contributed by atoms with E-state index in [4.69, 9.17) is 4.74 Å². The van der Waals surface area contributed by atoms with E-state index in [1.54, 1.807) is 9.80 Å². The van der Waals surface area contributed by atoms with Gasteiger partial charge in [0.2, 0.25) is 0 Å². The number of imidazole rings is 1. The van der Waals surface area contributed by atoms with E-state index in [0.717, 1.165) is 5.56 Å². The SMILES string of the molecule is C[C@@H](NC(=O)c1nc[nH]c1C(=O)N1CCN(C(=O)OC(C)(C)C)CC1)c1ccccc1. The van der Waals surface area contributed by atoms with Crippen molar-refractivity contribution in [1.29, 1.82) is 0 Å². The highest BCUT2D eigenvalue weighted by molar-refractivity contribution is 6.04. The Hall–Kier alpha value is -3.36. The standard InChI is InChI=1S/C22H29N5O4/c1-15(16-8-6-5-7-9-16)25-19(28)17-18(24-14-23-17)20(29)26-10-12-27(13-11-26)21(30)31-22(2,3)4/h5-9,14-15H,10-13H2,1-4H3,(H,23,24)(H,25,28)/t15-/m1/s1. The first kappa shape index (κ1) is 22.3. The van der Waals surface area contributed by atoms with Crippen LogP contribution in [0.5, 0.6) is 0 Å². The first-order valence-electron chi connectivity index (χ1n) is 10.3. The molecule has 0 spiro atoms. The molecule has 0 bridgehead atoms. The molecule has 9 nitrogen and oxygen atoms in total. The lowest BCUT2D eigenvalue weighted by molar-refractivity contribution is 0.0140. The maximum Gasteiger partial charge on any atom is 0.410 e. The van der Waals surface area contributed by atoms with Gasteiger partial charge in [-0.2, -0.15) is 0 Å². The predicted octanol–water partition coefficient (Wildman–Crippen LogP) is 2.59. The van der Waals surface area contributed by atoms with E-state index in [0.29, 0.717) is 26.2 Å². The van der Waals surface area contributed by atoms with Crippen molar-refractivity contribution < 1.29 is 19.1 Å². The Labute approximate surface area is 181 Å². The third-order valence-corrected chi connectivity index (χ3v) is 4.93. The van der Waals surface area contributed by atoms with E-state index in [9.17, 15) is 14.4 Å². The number of aromatic amines is 1. The molecule has 166 valence electrons. The Bertz CT molecular complexity index is 927. The van der Waals surface area contributed by atoms with Crippen LogP contribution in [0, 0.1) is 0 Å². The lowest BCUT2D eigenvalue weighted by atomic mass is 10.1. The van der Waals surface area contributed by atoms with E-state index in [1.165, 1.54) is 6.33 Å². The van der Waals surface area contributed by atoms with Crippen molar-refractivity contribution in [2.45, 2.75) is 39.3 Å². The third kappa shape index (κ3) is 5.62. The number of hydrogen-bond donors (Lipinski definition) is 2. The molecule has 2 aromatic rings. The monoisotopic (exact) mass is 427 g/mol. The summed E-state index contributed by atoms with van der Waals surface area (Å²) >= 11 is 0. The van der Waals surface area contributed by atoms with Gasteiger partial charge in [0, 0.05) is 26.2 Å². The molecule has 1 saturated heterocycles. The minimum Gasteiger partial charge on any atom is -0.444 e. The first-order chi connectivity index (χ1) is 14.7. The molecule has 0 aliphatic carbocycles. The van der Waals surface area contributed by atoms with E-state index in [-0.39, 0.29) is 23.3 Å². The van der Waals surface area contributed by atoms with Crippen molar-refractivity contribution >= 4 is 17.9 Å². The van der Waals surface area contributed by atoms with Gasteiger partial charge in [-0.15, -0.1) is 0 Å². The summed E-state index contributed by atoms with van der Waals surface area (Å²) in [5, 5.41) is 2.88. The van der Waals surface area contributed by atoms with Crippen molar-refractivity contribution in [1.82, 2.24) is 25.1 Å². The second-order valence-electron chi connectivity index (χ2n) is 8.49. The summed E-state index contributed by atoms with van der Waals surface area (Å²) in [4.78, 5) is 48.0. The fraction of sp³-hybridized carbons (Fsp3) is 0.455. The Morgan fingerprint density at radius 1 is 1.06 bits per heavy atom. The molecule has 3 rings (SSSR count). The number of rotatable bonds is 4. The van der Waals surface area contributed by atoms with Gasteiger partial charge >= 0.3 is 6.09 Å². The molecule has 1 aliphatic rings. The van der Waals surface area contributed by atoms with Gasteiger partial charge in [-0.05, 0) is 33.3 Å². The largest absolute Gasteiger partial charge is 0.444 e. The minimum atomic E-state index is -0.570. The summed E-state index contributed by atoms with van der Waals surface area (Å²) in [6.45, 7) is 8.73. The van der Waals surface area contributed by atoms with Gasteiger partial charge in [0.15, 0.2) is 5.69 Å². The van der Waals surface area contributed by atoms with Gasteiger partial charge in [0.1, 0.15) is 11.3 Å². The van der Waals surface area contributed by atoms with Gasteiger partial charge in [0.25, 0.3) is 11.8 Å². The summed E-state index contributed by atoms with van der Waals surface area (Å²) < 4.78 is 5.38. The van der Waals surface area contributed by atoms with Crippen molar-refractivity contribution in [3.63, 3.8) is 0 Å². The third-order valence-electron chi connectivity index (χ3n) is 4.93. The van der Waals surface area contributed by atoms with Crippen molar-refractivity contribution in [3.05, 3.63) is 53.6 Å². The summed E-state index contributed by atoms with van der Waals surface area (Å²) in [5.74, 6) is -0.743. The van der Waals surface area contributed by atoms with Crippen LogP contribution in [-0.4, -0.2) is 69.5 Å². The Balaban J connectivity index is 1.61. The van der Waals surface area contributed by atoms with Gasteiger partial charge in [-0.1, -0.05) is 30.3 Å². The van der Waals surface area contributed by atoms with Gasteiger partial charge in [0.05, 0.1) is 12.4 Å². The molecular weight excluding hydrogens is 398 g/mol. The molecule has 2 N–H and O–H groups in total. The second kappa shape index (κ2) is 9.20. The molecule has 1 atom stereocenters. The van der Waals surface area contributed by atoms with Gasteiger partial charge < -0.3 is 24.8 Å². The number of nitrogens with zero attached hydrogens (tertiary/aromatic N) is 3. The van der Waals surface area contributed by atoms with E-state index < -0.39 is 17.6 Å². The summed E-state index contributed by atoms with van der Waals surface area (Å²) in [7, 11) is 0. The quantitative estimate of drug-likeness (QED) is 0.780. The molecule has 1 aromatic carbocycles. The van der Waals surface area contributed by atoms with Crippen molar-refractivity contribution in [2.75, 3.05) is 26.2 Å². The topological polar surface area (TPSA) is 108 Å². The molecule has 1 aliphatic heterocycles. The maximum atomic E-state index is 13.0. The van der Waals surface area contributed by atoms with Crippen LogP contribution in [0.2, 0.25) is 0 Å². The number of aromatic nitrogens is 2. The molecule has 3 amide bonds. The fourth-order valence-corrected chi connectivity index (χ4v) is 3.30. The number of carbonyl (C=O) groups is 3. The Morgan fingerprint density at radius 2 is 1.68 bits per heavy atom. The molecule has 0 saturated carbocycles. The molecule has 9 heteroatoms. The highest BCUT2D eigenvalue weighted by atomic mass is 16.6. The molecular formula is C22H29N5O4. The lowest BCUT2D eigenvalue weighted by Gasteiger charge is -2.35. The van der Waals surface area contributed by atoms with E-state index in [2.05, 4.69) is 15.3 Å². The number of ether oxygens (including phenoxy) is 1. The Kier molecular flexibility index (Phi) is 6.62. The number of amides is 3. The van der Waals surface area contributed by atoms with Crippen LogP contribution in [0.4, 0.5) is 4.79 Å². The van der Waals surface area contributed by atoms with Crippen molar-refractivity contribution in [3.8, 4) is 0 Å². The summed E-state index contributed by atoms with van der Waals surface area (Å²) in [5.41, 5.74) is 0.586.